The Balaban J connectivity index is 1.50. The zero-order valence-corrected chi connectivity index (χ0v) is 15.5. The van der Waals surface area contributed by atoms with Gasteiger partial charge in [-0.2, -0.15) is 0 Å². The number of benzene rings is 2. The zero-order valence-electron chi connectivity index (χ0n) is 15.5. The number of ether oxygens (including phenoxy) is 1. The monoisotopic (exact) mass is 366 g/mol. The molecule has 0 radical (unpaired) electrons. The molecule has 0 aliphatic carbocycles. The Morgan fingerprint density at radius 3 is 2.41 bits per heavy atom. The van der Waals surface area contributed by atoms with Gasteiger partial charge in [0.2, 0.25) is 0 Å². The fourth-order valence-electron chi connectivity index (χ4n) is 4.11. The van der Waals surface area contributed by atoms with Gasteiger partial charge in [-0.3, -0.25) is 4.79 Å². The van der Waals surface area contributed by atoms with E-state index in [0.29, 0.717) is 31.9 Å². The van der Waals surface area contributed by atoms with Crippen molar-refractivity contribution in [2.75, 3.05) is 44.3 Å². The third kappa shape index (κ3) is 3.84. The maximum absolute atomic E-state index is 13.2. The molecule has 0 bridgehead atoms. The minimum atomic E-state index is -0.541. The van der Waals surface area contributed by atoms with Crippen molar-refractivity contribution in [1.29, 1.82) is 0 Å². The largest absolute Gasteiger partial charge is 0.391 e. The topological polar surface area (TPSA) is 53.0 Å². The highest BCUT2D eigenvalue weighted by Gasteiger charge is 2.32. The lowest BCUT2D eigenvalue weighted by atomic mass is 9.87. The van der Waals surface area contributed by atoms with Crippen LogP contribution in [-0.4, -0.2) is 61.4 Å². The summed E-state index contributed by atoms with van der Waals surface area (Å²) < 4.78 is 5.44. The zero-order chi connectivity index (χ0) is 18.6. The first-order chi connectivity index (χ1) is 13.2. The summed E-state index contributed by atoms with van der Waals surface area (Å²) in [6.45, 7) is 3.99. The summed E-state index contributed by atoms with van der Waals surface area (Å²) in [5.41, 5.74) is 2.82. The number of anilines is 1. The predicted molar refractivity (Wildman–Crippen MR) is 105 cm³/mol. The van der Waals surface area contributed by atoms with E-state index >= 15 is 0 Å². The van der Waals surface area contributed by atoms with Crippen LogP contribution in [0, 0.1) is 0 Å². The van der Waals surface area contributed by atoms with Crippen molar-refractivity contribution in [1.82, 2.24) is 4.90 Å². The summed E-state index contributed by atoms with van der Waals surface area (Å²) in [7, 11) is 0. The molecule has 0 unspecified atom stereocenters. The fraction of sp³-hybridized carbons (Fsp3) is 0.409. The third-order valence-corrected chi connectivity index (χ3v) is 5.58. The van der Waals surface area contributed by atoms with Gasteiger partial charge < -0.3 is 19.6 Å². The first-order valence-electron chi connectivity index (χ1n) is 9.68. The van der Waals surface area contributed by atoms with Crippen LogP contribution in [-0.2, 0) is 4.74 Å². The molecule has 1 N–H and O–H groups in total. The van der Waals surface area contributed by atoms with Gasteiger partial charge in [-0.1, -0.05) is 42.5 Å². The molecule has 0 saturated carbocycles. The van der Waals surface area contributed by atoms with Crippen molar-refractivity contribution in [3.63, 3.8) is 0 Å². The van der Waals surface area contributed by atoms with Crippen LogP contribution in [0.4, 0.5) is 5.69 Å². The normalized spacial score (nSPS) is 23.3. The Hall–Kier alpha value is -2.37. The molecular weight excluding hydrogens is 340 g/mol. The van der Waals surface area contributed by atoms with Crippen molar-refractivity contribution in [3.05, 3.63) is 65.7 Å². The molecule has 2 aromatic carbocycles. The van der Waals surface area contributed by atoms with E-state index in [9.17, 15) is 9.90 Å². The molecule has 5 heteroatoms. The number of carbonyl (C=O) groups excluding carboxylic acids is 1. The highest BCUT2D eigenvalue weighted by Crippen LogP contribution is 2.30. The number of β-amino-alcohol motifs (C(OH)–C–C–N with tert-alkyl or cyclic N) is 1. The van der Waals surface area contributed by atoms with Gasteiger partial charge in [-0.25, -0.2) is 0 Å². The Morgan fingerprint density at radius 2 is 1.67 bits per heavy atom. The summed E-state index contributed by atoms with van der Waals surface area (Å²) in [6.07, 6.45) is 0.233. The van der Waals surface area contributed by atoms with Gasteiger partial charge >= 0.3 is 0 Å². The van der Waals surface area contributed by atoms with Gasteiger partial charge in [0, 0.05) is 37.8 Å². The van der Waals surface area contributed by atoms with Gasteiger partial charge in [-0.05, 0) is 24.1 Å². The third-order valence-electron chi connectivity index (χ3n) is 5.58. The minimum absolute atomic E-state index is 0.00246. The molecule has 4 rings (SSSR count). The molecule has 2 heterocycles. The average molecular weight is 366 g/mol. The quantitative estimate of drug-likeness (QED) is 0.907. The van der Waals surface area contributed by atoms with Crippen LogP contribution in [0.15, 0.2) is 54.6 Å². The number of aliphatic hydroxyl groups excluding tert-OH is 1. The number of hydrogen-bond acceptors (Lipinski definition) is 4. The Bertz CT molecular complexity index is 774. The lowest BCUT2D eigenvalue weighted by molar-refractivity contribution is 0.0382. The highest BCUT2D eigenvalue weighted by molar-refractivity contribution is 6.00. The SMILES string of the molecule is O=C(c1ccccc1N1CCOCC1)N1CC[C@H](c2ccccc2)[C@H](O)C1. The van der Waals surface area contributed by atoms with E-state index in [4.69, 9.17) is 4.74 Å². The molecule has 2 saturated heterocycles. The van der Waals surface area contributed by atoms with Gasteiger partial charge in [0.1, 0.15) is 0 Å². The van der Waals surface area contributed by atoms with Gasteiger partial charge in [-0.15, -0.1) is 0 Å². The number of nitrogens with zero attached hydrogens (tertiary/aromatic N) is 2. The van der Waals surface area contributed by atoms with Crippen LogP contribution >= 0.6 is 0 Å². The maximum atomic E-state index is 13.2. The Morgan fingerprint density at radius 1 is 0.963 bits per heavy atom. The highest BCUT2D eigenvalue weighted by atomic mass is 16.5. The number of para-hydroxylation sites is 1. The molecule has 2 aliphatic rings. The van der Waals surface area contributed by atoms with Crippen LogP contribution in [0.5, 0.6) is 0 Å². The number of piperidine rings is 1. The summed E-state index contributed by atoms with van der Waals surface area (Å²) in [5.74, 6) is 0.0902. The van der Waals surface area contributed by atoms with Crippen molar-refractivity contribution < 1.29 is 14.6 Å². The molecule has 0 aromatic heterocycles. The Labute approximate surface area is 160 Å². The van der Waals surface area contributed by atoms with E-state index in [-0.39, 0.29) is 11.8 Å². The van der Waals surface area contributed by atoms with Crippen LogP contribution in [0.3, 0.4) is 0 Å². The smallest absolute Gasteiger partial charge is 0.256 e. The number of likely N-dealkylation sites (tertiary alicyclic amines) is 1. The second kappa shape index (κ2) is 8.11. The Kier molecular flexibility index (Phi) is 5.41. The molecule has 2 atom stereocenters. The lowest BCUT2D eigenvalue weighted by Crippen LogP contribution is -2.46. The van der Waals surface area contributed by atoms with Crippen LogP contribution < -0.4 is 4.90 Å². The summed E-state index contributed by atoms with van der Waals surface area (Å²) >= 11 is 0. The van der Waals surface area contributed by atoms with Gasteiger partial charge in [0.25, 0.3) is 5.91 Å². The average Bonchev–Trinajstić information content (AvgIpc) is 2.74. The van der Waals surface area contributed by atoms with E-state index in [2.05, 4.69) is 17.0 Å². The van der Waals surface area contributed by atoms with E-state index in [1.54, 1.807) is 4.90 Å². The molecule has 5 nitrogen and oxygen atoms in total. The van der Waals surface area contributed by atoms with Crippen LogP contribution in [0.1, 0.15) is 28.3 Å². The van der Waals surface area contributed by atoms with Crippen molar-refractivity contribution in [2.24, 2.45) is 0 Å². The first-order valence-corrected chi connectivity index (χ1v) is 9.68. The summed E-state index contributed by atoms with van der Waals surface area (Å²) in [6, 6.07) is 17.9. The van der Waals surface area contributed by atoms with E-state index < -0.39 is 6.10 Å². The fourth-order valence-corrected chi connectivity index (χ4v) is 4.11. The van der Waals surface area contributed by atoms with Gasteiger partial charge in [0.15, 0.2) is 0 Å². The number of amides is 1. The van der Waals surface area contributed by atoms with E-state index in [1.165, 1.54) is 0 Å². The van der Waals surface area contributed by atoms with Crippen molar-refractivity contribution in [3.8, 4) is 0 Å². The molecule has 27 heavy (non-hydrogen) atoms. The molecule has 1 amide bonds. The second-order valence-electron chi connectivity index (χ2n) is 7.24. The minimum Gasteiger partial charge on any atom is -0.391 e. The van der Waals surface area contributed by atoms with Gasteiger partial charge in [0.05, 0.1) is 24.9 Å². The standard InChI is InChI=1S/C22H26N2O3/c25-21-16-24(11-10-18(21)17-6-2-1-3-7-17)22(26)19-8-4-5-9-20(19)23-12-14-27-15-13-23/h1-9,18,21,25H,10-16H2/t18-,21-/m1/s1. The maximum Gasteiger partial charge on any atom is 0.256 e. The number of hydrogen-bond donors (Lipinski definition) is 1. The van der Waals surface area contributed by atoms with Crippen molar-refractivity contribution in [2.45, 2.75) is 18.4 Å². The van der Waals surface area contributed by atoms with Crippen LogP contribution in [0.2, 0.25) is 0 Å². The molecule has 2 aliphatic heterocycles. The molecule has 142 valence electrons. The van der Waals surface area contributed by atoms with E-state index in [0.717, 1.165) is 30.8 Å². The van der Waals surface area contributed by atoms with Crippen molar-refractivity contribution >= 4 is 11.6 Å². The first kappa shape index (κ1) is 18.0. The second-order valence-corrected chi connectivity index (χ2v) is 7.24. The van der Waals surface area contributed by atoms with Crippen LogP contribution in [0.25, 0.3) is 0 Å². The number of rotatable bonds is 3. The number of morpholine rings is 1. The molecular formula is C22H26N2O3. The number of carbonyl (C=O) groups is 1. The molecule has 0 spiro atoms. The molecule has 2 aromatic rings. The summed E-state index contributed by atoms with van der Waals surface area (Å²) in [5, 5.41) is 10.7. The lowest BCUT2D eigenvalue weighted by Gasteiger charge is -2.37. The molecule has 2 fully saturated rings. The predicted octanol–water partition coefficient (Wildman–Crippen LogP) is 2.51. The summed E-state index contributed by atoms with van der Waals surface area (Å²) in [4.78, 5) is 17.2. The van der Waals surface area contributed by atoms with E-state index in [1.807, 2.05) is 42.5 Å². The number of aliphatic hydroxyl groups is 1.